The lowest BCUT2D eigenvalue weighted by Gasteiger charge is -2.09. The van der Waals surface area contributed by atoms with Gasteiger partial charge in [-0.1, -0.05) is 85.9 Å². The van der Waals surface area contributed by atoms with Gasteiger partial charge in [0.25, 0.3) is 0 Å². The van der Waals surface area contributed by atoms with Crippen molar-refractivity contribution in [3.8, 4) is 11.3 Å². The van der Waals surface area contributed by atoms with Gasteiger partial charge in [0.2, 0.25) is 4.80 Å². The summed E-state index contributed by atoms with van der Waals surface area (Å²) in [5.41, 5.74) is 4.02. The molecule has 1 aromatic heterocycles. The summed E-state index contributed by atoms with van der Waals surface area (Å²) in [5, 5.41) is 12.1. The van der Waals surface area contributed by atoms with E-state index in [1.165, 1.54) is 24.0 Å². The van der Waals surface area contributed by atoms with Gasteiger partial charge in [-0.15, -0.1) is 11.7 Å². The highest BCUT2D eigenvalue weighted by atomic mass is 32.1. The third-order valence-electron chi connectivity index (χ3n) is 4.62. The molecular formula is C24H26N4O2S. The molecule has 1 heterocycles. The Kier molecular flexibility index (Phi) is 7.56. The van der Waals surface area contributed by atoms with E-state index in [9.17, 15) is 4.79 Å². The van der Waals surface area contributed by atoms with Crippen LogP contribution in [0.3, 0.4) is 0 Å². The highest BCUT2D eigenvalue weighted by Gasteiger charge is 2.17. The van der Waals surface area contributed by atoms with Crippen molar-refractivity contribution in [3.63, 3.8) is 0 Å². The second-order valence-electron chi connectivity index (χ2n) is 7.11. The Morgan fingerprint density at radius 1 is 1.19 bits per heavy atom. The number of nitrogens with one attached hydrogen (secondary N) is 1. The van der Waals surface area contributed by atoms with Gasteiger partial charge in [-0.05, 0) is 17.0 Å². The van der Waals surface area contributed by atoms with Gasteiger partial charge in [0.05, 0.1) is 19.0 Å². The fourth-order valence-corrected chi connectivity index (χ4v) is 4.01. The summed E-state index contributed by atoms with van der Waals surface area (Å²) >= 11 is 1.33. The molecule has 0 fully saturated rings. The lowest BCUT2D eigenvalue weighted by molar-refractivity contribution is 0.187. The first-order valence-corrected chi connectivity index (χ1v) is 10.8. The van der Waals surface area contributed by atoms with Crippen molar-refractivity contribution in [2.75, 3.05) is 12.4 Å². The number of carbonyl (C=O) groups excluding carboxylic acids is 1. The number of aromatic nitrogens is 1. The summed E-state index contributed by atoms with van der Waals surface area (Å²) in [6, 6.07) is 18.1. The van der Waals surface area contributed by atoms with Gasteiger partial charge in [-0.3, -0.25) is 5.32 Å². The topological polar surface area (TPSA) is 68.0 Å². The number of allylic oxidation sites excluding steroid dienone is 1. The Balaban J connectivity index is 2.04. The van der Waals surface area contributed by atoms with Crippen LogP contribution in [0.25, 0.3) is 11.3 Å². The van der Waals surface area contributed by atoms with Crippen LogP contribution in [0.5, 0.6) is 0 Å². The third-order valence-corrected chi connectivity index (χ3v) is 5.61. The van der Waals surface area contributed by atoms with Crippen molar-refractivity contribution in [3.05, 3.63) is 83.2 Å². The van der Waals surface area contributed by atoms with Crippen molar-refractivity contribution in [2.45, 2.75) is 26.3 Å². The fraction of sp³-hybridized carbons (Fsp3) is 0.208. The van der Waals surface area contributed by atoms with Crippen LogP contribution in [0.15, 0.2) is 77.5 Å². The first-order chi connectivity index (χ1) is 15.0. The standard InChI is InChI=1S/C24H26N4O2S/c1-5-15-28-21(20-9-7-6-8-10-20)22(26-24(29)30-4)31-23(28)27-25-16-18-11-13-19(14-12-18)17(2)3/h5-14,16-17H,1,15H2,2-4H3,(H,26,29)/b25-16-,27-23+. The zero-order chi connectivity index (χ0) is 22.2. The van der Waals surface area contributed by atoms with Gasteiger partial charge in [-0.2, -0.15) is 5.10 Å². The van der Waals surface area contributed by atoms with Crippen molar-refractivity contribution in [2.24, 2.45) is 10.2 Å². The molecule has 160 valence electrons. The van der Waals surface area contributed by atoms with Gasteiger partial charge in [0, 0.05) is 12.1 Å². The summed E-state index contributed by atoms with van der Waals surface area (Å²) in [6.45, 7) is 8.70. The molecule has 0 aliphatic rings. The van der Waals surface area contributed by atoms with Crippen LogP contribution in [-0.4, -0.2) is 24.0 Å². The molecule has 0 unspecified atom stereocenters. The van der Waals surface area contributed by atoms with E-state index < -0.39 is 6.09 Å². The van der Waals surface area contributed by atoms with Crippen LogP contribution in [0, 0.1) is 0 Å². The van der Waals surface area contributed by atoms with E-state index in [1.54, 1.807) is 12.3 Å². The second-order valence-corrected chi connectivity index (χ2v) is 8.09. The number of amides is 1. The maximum Gasteiger partial charge on any atom is 0.412 e. The molecule has 0 saturated carbocycles. The SMILES string of the molecule is C=CCn1c(-c2ccccc2)c(NC(=O)OC)s/c1=N/N=C\c1ccc(C(C)C)cc1. The van der Waals surface area contributed by atoms with E-state index in [2.05, 4.69) is 48.1 Å². The summed E-state index contributed by atoms with van der Waals surface area (Å²) in [7, 11) is 1.34. The van der Waals surface area contributed by atoms with Crippen LogP contribution >= 0.6 is 11.3 Å². The van der Waals surface area contributed by atoms with Crippen LogP contribution < -0.4 is 10.1 Å². The third kappa shape index (κ3) is 5.58. The molecule has 3 aromatic rings. The predicted molar refractivity (Wildman–Crippen MR) is 128 cm³/mol. The minimum absolute atomic E-state index is 0.483. The minimum Gasteiger partial charge on any atom is -0.453 e. The van der Waals surface area contributed by atoms with Gasteiger partial charge in [0.1, 0.15) is 5.00 Å². The highest BCUT2D eigenvalue weighted by Crippen LogP contribution is 2.31. The number of nitrogens with zero attached hydrogens (tertiary/aromatic N) is 3. The molecule has 0 bridgehead atoms. The first-order valence-electron chi connectivity index (χ1n) is 9.95. The van der Waals surface area contributed by atoms with E-state index in [1.807, 2.05) is 47.0 Å². The molecule has 3 rings (SSSR count). The Labute approximate surface area is 186 Å². The lowest BCUT2D eigenvalue weighted by Crippen LogP contribution is -2.15. The zero-order valence-electron chi connectivity index (χ0n) is 17.9. The molecule has 0 spiro atoms. The molecule has 0 atom stereocenters. The van der Waals surface area contributed by atoms with Gasteiger partial charge in [0.15, 0.2) is 0 Å². The first kappa shape index (κ1) is 22.2. The van der Waals surface area contributed by atoms with Crippen LogP contribution in [0.1, 0.15) is 30.9 Å². The number of thiazole rings is 1. The number of anilines is 1. The molecule has 7 heteroatoms. The van der Waals surface area contributed by atoms with Crippen molar-refractivity contribution >= 4 is 28.6 Å². The Morgan fingerprint density at radius 2 is 1.90 bits per heavy atom. The fourth-order valence-electron chi connectivity index (χ4n) is 3.01. The molecule has 0 saturated heterocycles. The molecule has 31 heavy (non-hydrogen) atoms. The van der Waals surface area contributed by atoms with Gasteiger partial charge < -0.3 is 9.30 Å². The maximum atomic E-state index is 11.9. The highest BCUT2D eigenvalue weighted by molar-refractivity contribution is 7.14. The number of rotatable bonds is 7. The predicted octanol–water partition coefficient (Wildman–Crippen LogP) is 5.64. The van der Waals surface area contributed by atoms with Crippen LogP contribution in [-0.2, 0) is 11.3 Å². The number of methoxy groups -OCH3 is 1. The molecule has 2 aromatic carbocycles. The number of hydrogen-bond acceptors (Lipinski definition) is 5. The molecule has 6 nitrogen and oxygen atoms in total. The van der Waals surface area contributed by atoms with Crippen molar-refractivity contribution in [1.82, 2.24) is 4.57 Å². The monoisotopic (exact) mass is 434 g/mol. The quantitative estimate of drug-likeness (QED) is 0.297. The summed E-state index contributed by atoms with van der Waals surface area (Å²) < 4.78 is 6.76. The Bertz CT molecular complexity index is 1130. The molecule has 0 aliphatic carbocycles. The molecule has 1 N–H and O–H groups in total. The Hall–Kier alpha value is -3.45. The summed E-state index contributed by atoms with van der Waals surface area (Å²) in [5.74, 6) is 0.483. The van der Waals surface area contributed by atoms with E-state index in [4.69, 9.17) is 4.74 Å². The normalized spacial score (nSPS) is 11.8. The lowest BCUT2D eigenvalue weighted by atomic mass is 10.0. The summed E-state index contributed by atoms with van der Waals surface area (Å²) in [6.07, 6.45) is 2.97. The molecule has 1 amide bonds. The molecule has 0 aliphatic heterocycles. The average Bonchev–Trinajstić information content (AvgIpc) is 3.11. The largest absolute Gasteiger partial charge is 0.453 e. The smallest absolute Gasteiger partial charge is 0.412 e. The van der Waals surface area contributed by atoms with E-state index >= 15 is 0 Å². The van der Waals surface area contributed by atoms with Crippen molar-refractivity contribution in [1.29, 1.82) is 0 Å². The molecular weight excluding hydrogens is 408 g/mol. The van der Waals surface area contributed by atoms with Crippen molar-refractivity contribution < 1.29 is 9.53 Å². The number of carbonyl (C=O) groups is 1. The second kappa shape index (κ2) is 10.5. The average molecular weight is 435 g/mol. The van der Waals surface area contributed by atoms with Crippen LogP contribution in [0.4, 0.5) is 9.80 Å². The minimum atomic E-state index is -0.538. The van der Waals surface area contributed by atoms with E-state index in [-0.39, 0.29) is 0 Å². The van der Waals surface area contributed by atoms with E-state index in [0.717, 1.165) is 16.8 Å². The van der Waals surface area contributed by atoms with E-state index in [0.29, 0.717) is 22.3 Å². The summed E-state index contributed by atoms with van der Waals surface area (Å²) in [4.78, 5) is 12.5. The number of benzene rings is 2. The van der Waals surface area contributed by atoms with Crippen LogP contribution in [0.2, 0.25) is 0 Å². The maximum absolute atomic E-state index is 11.9. The van der Waals surface area contributed by atoms with Gasteiger partial charge in [-0.25, -0.2) is 4.79 Å². The van der Waals surface area contributed by atoms with Gasteiger partial charge >= 0.3 is 6.09 Å². The molecule has 0 radical (unpaired) electrons. The number of hydrogen-bond donors (Lipinski definition) is 1. The zero-order valence-corrected chi connectivity index (χ0v) is 18.7. The number of ether oxygens (including phenoxy) is 1. The Morgan fingerprint density at radius 3 is 2.52 bits per heavy atom.